The molecule has 1 aromatic heterocycles. The Bertz CT molecular complexity index is 869. The van der Waals surface area contributed by atoms with E-state index in [4.69, 9.17) is 21.1 Å². The largest absolute Gasteiger partial charge is 0.465 e. The Labute approximate surface area is 170 Å². The molecule has 1 fully saturated rings. The zero-order valence-electron chi connectivity index (χ0n) is 15.9. The van der Waals surface area contributed by atoms with Gasteiger partial charge in [-0.2, -0.15) is 5.26 Å². The summed E-state index contributed by atoms with van der Waals surface area (Å²) in [6, 6.07) is 11.5. The highest BCUT2D eigenvalue weighted by Gasteiger charge is 2.22. The molecule has 0 N–H and O–H groups in total. The van der Waals surface area contributed by atoms with Crippen LogP contribution < -0.4 is 4.74 Å². The zero-order chi connectivity index (χ0) is 19.9. The molecule has 0 unspecified atom stereocenters. The van der Waals surface area contributed by atoms with Crippen LogP contribution in [0.4, 0.5) is 0 Å². The lowest BCUT2D eigenvalue weighted by molar-refractivity contribution is -0.145. The molecule has 0 saturated heterocycles. The Balaban J connectivity index is 2.02. The minimum absolute atomic E-state index is 0.184. The predicted molar refractivity (Wildman–Crippen MR) is 107 cm³/mol. The van der Waals surface area contributed by atoms with Crippen LogP contribution in [-0.2, 0) is 9.53 Å². The maximum atomic E-state index is 11.7. The Morgan fingerprint density at radius 1 is 1.25 bits per heavy atom. The molecular weight excluding hydrogens is 376 g/mol. The number of hydrogen-bond acceptors (Lipinski definition) is 5. The Morgan fingerprint density at radius 3 is 2.61 bits per heavy atom. The number of carbonyl (C=O) groups excluding carboxylic acids is 1. The van der Waals surface area contributed by atoms with Crippen LogP contribution in [0.2, 0.25) is 5.02 Å². The number of rotatable bonds is 6. The second-order valence-electron chi connectivity index (χ2n) is 6.82. The molecule has 1 saturated carbocycles. The fraction of sp³-hybridized carbons (Fsp3) is 0.409. The van der Waals surface area contributed by atoms with Gasteiger partial charge >= 0.3 is 5.97 Å². The monoisotopic (exact) mass is 398 g/mol. The van der Waals surface area contributed by atoms with Crippen LogP contribution in [0.5, 0.6) is 5.88 Å². The highest BCUT2D eigenvalue weighted by molar-refractivity contribution is 6.30. The molecule has 0 bridgehead atoms. The highest BCUT2D eigenvalue weighted by atomic mass is 35.5. The zero-order valence-corrected chi connectivity index (χ0v) is 16.7. The van der Waals surface area contributed by atoms with E-state index in [1.165, 1.54) is 19.3 Å². The van der Waals surface area contributed by atoms with Crippen molar-refractivity contribution < 1.29 is 14.3 Å². The molecule has 1 aliphatic carbocycles. The van der Waals surface area contributed by atoms with Gasteiger partial charge < -0.3 is 9.47 Å². The molecule has 0 spiro atoms. The van der Waals surface area contributed by atoms with Crippen LogP contribution in [0.3, 0.4) is 0 Å². The van der Waals surface area contributed by atoms with Crippen LogP contribution in [0.1, 0.15) is 56.2 Å². The maximum Gasteiger partial charge on any atom is 0.344 e. The van der Waals surface area contributed by atoms with Gasteiger partial charge in [-0.25, -0.2) is 9.78 Å². The second kappa shape index (κ2) is 9.57. The number of hydrogen-bond donors (Lipinski definition) is 0. The van der Waals surface area contributed by atoms with Crippen molar-refractivity contribution in [3.05, 3.63) is 46.6 Å². The van der Waals surface area contributed by atoms with Gasteiger partial charge in [0.25, 0.3) is 0 Å². The molecule has 2 aromatic rings. The van der Waals surface area contributed by atoms with Gasteiger partial charge in [0.05, 0.1) is 6.61 Å². The molecule has 5 nitrogen and oxygen atoms in total. The van der Waals surface area contributed by atoms with E-state index in [1.54, 1.807) is 19.1 Å². The smallest absolute Gasteiger partial charge is 0.344 e. The molecule has 3 rings (SSSR count). The van der Waals surface area contributed by atoms with Gasteiger partial charge in [-0.05, 0) is 43.5 Å². The van der Waals surface area contributed by atoms with E-state index >= 15 is 0 Å². The van der Waals surface area contributed by atoms with Crippen molar-refractivity contribution in [3.63, 3.8) is 0 Å². The lowest BCUT2D eigenvalue weighted by atomic mass is 9.85. The first kappa shape index (κ1) is 20.2. The number of esters is 1. The van der Waals surface area contributed by atoms with Crippen LogP contribution in [0, 0.1) is 11.3 Å². The van der Waals surface area contributed by atoms with E-state index in [0.29, 0.717) is 16.5 Å². The van der Waals surface area contributed by atoms with Gasteiger partial charge in [0.1, 0.15) is 11.6 Å². The summed E-state index contributed by atoms with van der Waals surface area (Å²) in [5.74, 6) is 0.0327. The minimum atomic E-state index is -0.482. The highest BCUT2D eigenvalue weighted by Crippen LogP contribution is 2.37. The fourth-order valence-electron chi connectivity index (χ4n) is 3.55. The van der Waals surface area contributed by atoms with Crippen molar-refractivity contribution in [3.8, 4) is 23.1 Å². The molecule has 0 radical (unpaired) electrons. The first-order valence-electron chi connectivity index (χ1n) is 9.61. The third-order valence-electron chi connectivity index (χ3n) is 4.93. The molecule has 1 aromatic carbocycles. The molecule has 0 atom stereocenters. The SMILES string of the molecule is CCOC(=O)COc1nc(C2CCCCC2)cc(-c2ccc(Cl)cc2)c1C#N. The molecule has 28 heavy (non-hydrogen) atoms. The molecule has 0 amide bonds. The summed E-state index contributed by atoms with van der Waals surface area (Å²) in [4.78, 5) is 16.3. The van der Waals surface area contributed by atoms with E-state index in [9.17, 15) is 10.1 Å². The summed E-state index contributed by atoms with van der Waals surface area (Å²) >= 11 is 6.02. The third kappa shape index (κ3) is 4.82. The normalized spacial score (nSPS) is 14.3. The maximum absolute atomic E-state index is 11.7. The molecular formula is C22H23ClN2O3. The summed E-state index contributed by atoms with van der Waals surface area (Å²) in [6.07, 6.45) is 5.71. The summed E-state index contributed by atoms with van der Waals surface area (Å²) in [5.41, 5.74) is 2.82. The summed E-state index contributed by atoms with van der Waals surface area (Å²) in [6.45, 7) is 1.74. The number of aromatic nitrogens is 1. The van der Waals surface area contributed by atoms with Gasteiger partial charge in [0.15, 0.2) is 6.61 Å². The number of carbonyl (C=O) groups is 1. The number of nitrogens with zero attached hydrogens (tertiary/aromatic N) is 2. The summed E-state index contributed by atoms with van der Waals surface area (Å²) in [5, 5.41) is 10.4. The fourth-order valence-corrected chi connectivity index (χ4v) is 3.67. The molecule has 1 aliphatic rings. The summed E-state index contributed by atoms with van der Waals surface area (Å²) < 4.78 is 10.5. The van der Waals surface area contributed by atoms with Gasteiger partial charge in [0.2, 0.25) is 5.88 Å². The molecule has 146 valence electrons. The first-order valence-corrected chi connectivity index (χ1v) is 9.99. The van der Waals surface area contributed by atoms with Crippen LogP contribution in [0.15, 0.2) is 30.3 Å². The van der Waals surface area contributed by atoms with Crippen molar-refractivity contribution in [2.24, 2.45) is 0 Å². The van der Waals surface area contributed by atoms with Crippen molar-refractivity contribution in [2.45, 2.75) is 44.9 Å². The molecule has 0 aliphatic heterocycles. The minimum Gasteiger partial charge on any atom is -0.465 e. The van der Waals surface area contributed by atoms with Crippen molar-refractivity contribution >= 4 is 17.6 Å². The van der Waals surface area contributed by atoms with Crippen LogP contribution >= 0.6 is 11.6 Å². The standard InChI is InChI=1S/C22H23ClN2O3/c1-2-27-21(26)14-28-22-19(13-24)18(15-8-10-17(23)11-9-15)12-20(25-22)16-6-4-3-5-7-16/h8-12,16H,2-7,14H2,1H3. The molecule has 6 heteroatoms. The van der Waals surface area contributed by atoms with E-state index in [1.807, 2.05) is 18.2 Å². The lowest BCUT2D eigenvalue weighted by Crippen LogP contribution is -2.17. The van der Waals surface area contributed by atoms with Gasteiger partial charge in [-0.1, -0.05) is 43.0 Å². The Kier molecular flexibility index (Phi) is 6.89. The van der Waals surface area contributed by atoms with Crippen molar-refractivity contribution in [1.82, 2.24) is 4.98 Å². The van der Waals surface area contributed by atoms with Gasteiger partial charge in [-0.15, -0.1) is 0 Å². The lowest BCUT2D eigenvalue weighted by Gasteiger charge is -2.23. The van der Waals surface area contributed by atoms with Crippen molar-refractivity contribution in [1.29, 1.82) is 5.26 Å². The first-order chi connectivity index (χ1) is 13.6. The van der Waals surface area contributed by atoms with Gasteiger partial charge in [-0.3, -0.25) is 0 Å². The van der Waals surface area contributed by atoms with E-state index < -0.39 is 5.97 Å². The molecule has 1 heterocycles. The Hall–Kier alpha value is -2.58. The predicted octanol–water partition coefficient (Wildman–Crippen LogP) is 5.26. The quantitative estimate of drug-likeness (QED) is 0.620. The topological polar surface area (TPSA) is 72.2 Å². The van der Waals surface area contributed by atoms with Gasteiger partial charge in [0, 0.05) is 22.2 Å². The second-order valence-corrected chi connectivity index (χ2v) is 7.26. The number of benzene rings is 1. The van der Waals surface area contributed by atoms with E-state index in [2.05, 4.69) is 11.1 Å². The number of halogens is 1. The third-order valence-corrected chi connectivity index (χ3v) is 5.18. The van der Waals surface area contributed by atoms with Crippen LogP contribution in [-0.4, -0.2) is 24.2 Å². The average Bonchev–Trinajstić information content (AvgIpc) is 2.73. The number of pyridine rings is 1. The van der Waals surface area contributed by atoms with E-state index in [-0.39, 0.29) is 19.1 Å². The summed E-state index contributed by atoms with van der Waals surface area (Å²) in [7, 11) is 0. The van der Waals surface area contributed by atoms with Crippen LogP contribution in [0.25, 0.3) is 11.1 Å². The van der Waals surface area contributed by atoms with Crippen molar-refractivity contribution in [2.75, 3.05) is 13.2 Å². The number of ether oxygens (including phenoxy) is 2. The average molecular weight is 399 g/mol. The Morgan fingerprint density at radius 2 is 1.96 bits per heavy atom. The van der Waals surface area contributed by atoms with E-state index in [0.717, 1.165) is 29.7 Å². The number of nitriles is 1.